The van der Waals surface area contributed by atoms with Crippen molar-refractivity contribution in [3.8, 4) is 5.75 Å². The molecule has 0 radical (unpaired) electrons. The van der Waals surface area contributed by atoms with Gasteiger partial charge in [0.15, 0.2) is 0 Å². The maximum Gasteiger partial charge on any atom is 0.413 e. The van der Waals surface area contributed by atoms with Gasteiger partial charge >= 0.3 is 18.2 Å². The predicted octanol–water partition coefficient (Wildman–Crippen LogP) is 4.83. The number of benzene rings is 2. The number of alkyl carbamates (subject to hydrolysis) is 1. The van der Waals surface area contributed by atoms with Gasteiger partial charge in [-0.3, -0.25) is 0 Å². The Balaban J connectivity index is 2.06. The van der Waals surface area contributed by atoms with Gasteiger partial charge < -0.3 is 24.8 Å². The van der Waals surface area contributed by atoms with Gasteiger partial charge in [0.05, 0.1) is 0 Å². The second-order valence-electron chi connectivity index (χ2n) is 9.54. The number of carbonyl (C=O) groups is 3. The van der Waals surface area contributed by atoms with Crippen molar-refractivity contribution in [3.63, 3.8) is 0 Å². The molecule has 0 bridgehead atoms. The fourth-order valence-electron chi connectivity index (χ4n) is 3.07. The highest BCUT2D eigenvalue weighted by molar-refractivity contribution is 5.83. The third-order valence-electron chi connectivity index (χ3n) is 4.89. The van der Waals surface area contributed by atoms with Gasteiger partial charge in [-0.25, -0.2) is 14.4 Å². The lowest BCUT2D eigenvalue weighted by Gasteiger charge is -2.33. The molecule has 8 nitrogen and oxygen atoms in total. The molecule has 2 N–H and O–H groups in total. The van der Waals surface area contributed by atoms with E-state index in [0.29, 0.717) is 12.2 Å². The van der Waals surface area contributed by atoms with Gasteiger partial charge in [-0.2, -0.15) is 0 Å². The molecule has 0 spiro atoms. The molecule has 0 heterocycles. The summed E-state index contributed by atoms with van der Waals surface area (Å²) in [4.78, 5) is 37.6. The molecule has 34 heavy (non-hydrogen) atoms. The first-order chi connectivity index (χ1) is 16.0. The van der Waals surface area contributed by atoms with Crippen molar-refractivity contribution in [2.24, 2.45) is 5.41 Å². The lowest BCUT2D eigenvalue weighted by Crippen LogP contribution is -2.52. The van der Waals surface area contributed by atoms with Crippen LogP contribution in [-0.2, 0) is 20.9 Å². The summed E-state index contributed by atoms with van der Waals surface area (Å²) in [5.41, 5.74) is -0.573. The van der Waals surface area contributed by atoms with E-state index in [9.17, 15) is 14.4 Å². The summed E-state index contributed by atoms with van der Waals surface area (Å²) in [6.07, 6.45) is -0.966. The smallest absolute Gasteiger partial charge is 0.413 e. The normalized spacial score (nSPS) is 12.3. The van der Waals surface area contributed by atoms with Crippen LogP contribution < -0.4 is 15.4 Å². The zero-order valence-corrected chi connectivity index (χ0v) is 20.4. The fraction of sp³-hybridized carbons (Fsp3) is 0.423. The zero-order chi connectivity index (χ0) is 25.2. The molecule has 2 rings (SSSR count). The van der Waals surface area contributed by atoms with Gasteiger partial charge in [-0.1, -0.05) is 62.4 Å². The Morgan fingerprint density at radius 3 is 2.03 bits per heavy atom. The second kappa shape index (κ2) is 12.1. The van der Waals surface area contributed by atoms with Crippen molar-refractivity contribution < 1.29 is 28.6 Å². The van der Waals surface area contributed by atoms with Gasteiger partial charge in [-0.05, 0) is 50.3 Å². The molecule has 2 amide bonds. The standard InChI is InChI=1S/C26H34N2O6/c1-25(2,3)34-23(30)27-17-16-26(4,5)21(22(29)32-18-19-12-8-6-9-13-19)28-24(31)33-20-14-10-7-11-15-20/h6-15,21H,16-18H2,1-5H3,(H,27,30)(H,28,31). The molecule has 1 atom stereocenters. The Morgan fingerprint density at radius 1 is 0.853 bits per heavy atom. The second-order valence-corrected chi connectivity index (χ2v) is 9.54. The van der Waals surface area contributed by atoms with Gasteiger partial charge in [0.2, 0.25) is 0 Å². The molecule has 0 saturated carbocycles. The highest BCUT2D eigenvalue weighted by Gasteiger charge is 2.38. The van der Waals surface area contributed by atoms with E-state index in [1.54, 1.807) is 65.0 Å². The highest BCUT2D eigenvalue weighted by atomic mass is 16.6. The molecule has 2 aromatic rings. The van der Waals surface area contributed by atoms with E-state index in [-0.39, 0.29) is 13.2 Å². The molecule has 0 aliphatic carbocycles. The summed E-state index contributed by atoms with van der Waals surface area (Å²) in [6, 6.07) is 16.8. The van der Waals surface area contributed by atoms with Crippen LogP contribution in [-0.4, -0.2) is 36.3 Å². The van der Waals surface area contributed by atoms with E-state index in [4.69, 9.17) is 14.2 Å². The largest absolute Gasteiger partial charge is 0.459 e. The predicted molar refractivity (Wildman–Crippen MR) is 128 cm³/mol. The van der Waals surface area contributed by atoms with E-state index < -0.39 is 35.2 Å². The van der Waals surface area contributed by atoms with E-state index in [1.165, 1.54) is 0 Å². The Hall–Kier alpha value is -3.55. The van der Waals surface area contributed by atoms with Gasteiger partial charge in [-0.15, -0.1) is 0 Å². The number of para-hydroxylation sites is 1. The topological polar surface area (TPSA) is 103 Å². The van der Waals surface area contributed by atoms with Crippen molar-refractivity contribution in [2.45, 2.75) is 59.3 Å². The third kappa shape index (κ3) is 9.52. The zero-order valence-electron chi connectivity index (χ0n) is 20.4. The van der Waals surface area contributed by atoms with Crippen molar-refractivity contribution in [2.75, 3.05) is 6.54 Å². The number of nitrogens with one attached hydrogen (secondary N) is 2. The number of esters is 1. The Bertz CT molecular complexity index is 939. The summed E-state index contributed by atoms with van der Waals surface area (Å²) in [6.45, 7) is 9.24. The highest BCUT2D eigenvalue weighted by Crippen LogP contribution is 2.27. The molecule has 0 aliphatic rings. The average molecular weight is 471 g/mol. The van der Waals surface area contributed by atoms with Gasteiger partial charge in [0, 0.05) is 6.54 Å². The van der Waals surface area contributed by atoms with Crippen molar-refractivity contribution in [1.29, 1.82) is 0 Å². The lowest BCUT2D eigenvalue weighted by atomic mass is 9.81. The number of ether oxygens (including phenoxy) is 3. The first-order valence-corrected chi connectivity index (χ1v) is 11.2. The number of hydrogen-bond acceptors (Lipinski definition) is 6. The minimum Gasteiger partial charge on any atom is -0.459 e. The molecule has 184 valence electrons. The molecule has 0 aliphatic heterocycles. The van der Waals surface area contributed by atoms with Crippen LogP contribution in [0.4, 0.5) is 9.59 Å². The monoisotopic (exact) mass is 470 g/mol. The minimum atomic E-state index is -1.02. The minimum absolute atomic E-state index is 0.0673. The van der Waals surface area contributed by atoms with Crippen molar-refractivity contribution in [1.82, 2.24) is 10.6 Å². The number of rotatable bonds is 9. The summed E-state index contributed by atoms with van der Waals surface area (Å²) in [7, 11) is 0. The van der Waals surface area contributed by atoms with E-state index >= 15 is 0 Å². The quantitative estimate of drug-likeness (QED) is 0.509. The first-order valence-electron chi connectivity index (χ1n) is 11.2. The molecular formula is C26H34N2O6. The molecular weight excluding hydrogens is 436 g/mol. The maximum absolute atomic E-state index is 13.0. The fourth-order valence-corrected chi connectivity index (χ4v) is 3.07. The Labute approximate surface area is 201 Å². The van der Waals surface area contributed by atoms with Gasteiger partial charge in [0.25, 0.3) is 0 Å². The van der Waals surface area contributed by atoms with E-state index in [0.717, 1.165) is 5.56 Å². The van der Waals surface area contributed by atoms with Crippen LogP contribution in [0.3, 0.4) is 0 Å². The van der Waals surface area contributed by atoms with Crippen LogP contribution in [0.15, 0.2) is 60.7 Å². The number of amides is 2. The molecule has 8 heteroatoms. The molecule has 0 aromatic heterocycles. The summed E-state index contributed by atoms with van der Waals surface area (Å²) >= 11 is 0. The first kappa shape index (κ1) is 26.7. The molecule has 0 saturated heterocycles. The Kier molecular flexibility index (Phi) is 9.47. The van der Waals surface area contributed by atoms with Gasteiger partial charge in [0.1, 0.15) is 24.0 Å². The van der Waals surface area contributed by atoms with Crippen LogP contribution in [0.2, 0.25) is 0 Å². The summed E-state index contributed by atoms with van der Waals surface area (Å²) < 4.78 is 16.1. The van der Waals surface area contributed by atoms with Crippen LogP contribution in [0, 0.1) is 5.41 Å². The molecule has 2 aromatic carbocycles. The lowest BCUT2D eigenvalue weighted by molar-refractivity contribution is -0.150. The molecule has 0 fully saturated rings. The Morgan fingerprint density at radius 2 is 1.44 bits per heavy atom. The van der Waals surface area contributed by atoms with E-state index in [2.05, 4.69) is 10.6 Å². The number of carbonyl (C=O) groups excluding carboxylic acids is 3. The summed E-state index contributed by atoms with van der Waals surface area (Å²) in [5.74, 6) is -0.253. The number of hydrogen-bond donors (Lipinski definition) is 2. The van der Waals surface area contributed by atoms with Crippen LogP contribution in [0.1, 0.15) is 46.6 Å². The van der Waals surface area contributed by atoms with E-state index in [1.807, 2.05) is 30.3 Å². The summed E-state index contributed by atoms with van der Waals surface area (Å²) in [5, 5.41) is 5.32. The van der Waals surface area contributed by atoms with Crippen molar-refractivity contribution >= 4 is 18.2 Å². The van der Waals surface area contributed by atoms with Crippen LogP contribution in [0.5, 0.6) is 5.75 Å². The van der Waals surface area contributed by atoms with Crippen LogP contribution in [0.25, 0.3) is 0 Å². The average Bonchev–Trinajstić information content (AvgIpc) is 2.76. The third-order valence-corrected chi connectivity index (χ3v) is 4.89. The van der Waals surface area contributed by atoms with Crippen molar-refractivity contribution in [3.05, 3.63) is 66.2 Å². The molecule has 1 unspecified atom stereocenters. The van der Waals surface area contributed by atoms with Crippen LogP contribution >= 0.6 is 0 Å². The SMILES string of the molecule is CC(C)(C)OC(=O)NCCC(C)(C)C(NC(=O)Oc1ccccc1)C(=O)OCc1ccccc1. The maximum atomic E-state index is 13.0.